The van der Waals surface area contributed by atoms with E-state index in [1.807, 2.05) is 0 Å². The van der Waals surface area contributed by atoms with Crippen LogP contribution in [0.3, 0.4) is 0 Å². The zero-order valence-electron chi connectivity index (χ0n) is 16.8. The Morgan fingerprint density at radius 1 is 0.962 bits per heavy atom. The second-order valence-electron chi connectivity index (χ2n) is 7.41. The molecule has 0 aliphatic carbocycles. The second kappa shape index (κ2) is 15.9. The van der Waals surface area contributed by atoms with E-state index < -0.39 is 6.04 Å². The van der Waals surface area contributed by atoms with Crippen molar-refractivity contribution in [2.75, 3.05) is 6.61 Å². The van der Waals surface area contributed by atoms with E-state index in [2.05, 4.69) is 24.4 Å². The molecule has 0 saturated carbocycles. The Morgan fingerprint density at radius 3 is 2.12 bits per heavy atom. The van der Waals surface area contributed by atoms with Crippen molar-refractivity contribution in [1.82, 2.24) is 5.32 Å². The fourth-order valence-corrected chi connectivity index (χ4v) is 3.28. The summed E-state index contributed by atoms with van der Waals surface area (Å²) in [6, 6.07) is -0.428. The number of unbranched alkanes of at least 4 members (excludes halogenated alkanes) is 11. The van der Waals surface area contributed by atoms with E-state index in [1.54, 1.807) is 0 Å². The molecule has 0 radical (unpaired) electrons. The average molecular weight is 366 g/mol. The van der Waals surface area contributed by atoms with Crippen LogP contribution in [0, 0.1) is 0 Å². The number of rotatable bonds is 16. The Kier molecular flexibility index (Phi) is 13.9. The monoisotopic (exact) mass is 365 g/mol. The van der Waals surface area contributed by atoms with Gasteiger partial charge < -0.3 is 10.1 Å². The summed E-state index contributed by atoms with van der Waals surface area (Å²) in [5.41, 5.74) is 0. The van der Waals surface area contributed by atoms with Gasteiger partial charge in [0.2, 0.25) is 5.91 Å². The lowest BCUT2D eigenvalue weighted by Crippen LogP contribution is -2.34. The number of amides is 1. The predicted octanol–water partition coefficient (Wildman–Crippen LogP) is 5.46. The first-order chi connectivity index (χ1) is 12.7. The molecule has 1 aliphatic rings. The minimum atomic E-state index is -0.428. The zero-order valence-corrected chi connectivity index (χ0v) is 16.8. The fourth-order valence-electron chi connectivity index (χ4n) is 3.28. The summed E-state index contributed by atoms with van der Waals surface area (Å²) >= 11 is 0. The normalized spacial score (nSPS) is 17.0. The molecule has 1 aliphatic heterocycles. The van der Waals surface area contributed by atoms with E-state index in [0.717, 1.165) is 12.8 Å². The van der Waals surface area contributed by atoms with Crippen molar-refractivity contribution >= 4 is 11.9 Å². The van der Waals surface area contributed by atoms with Crippen LogP contribution in [0.4, 0.5) is 0 Å². The minimum Gasteiger partial charge on any atom is -0.464 e. The van der Waals surface area contributed by atoms with Gasteiger partial charge in [-0.3, -0.25) is 4.79 Å². The summed E-state index contributed by atoms with van der Waals surface area (Å²) in [5.74, 6) is -0.353. The molecule has 26 heavy (non-hydrogen) atoms. The Bertz CT molecular complexity index is 406. The van der Waals surface area contributed by atoms with Gasteiger partial charge in [-0.05, 0) is 25.7 Å². The molecule has 1 N–H and O–H groups in total. The molecule has 1 fully saturated rings. The summed E-state index contributed by atoms with van der Waals surface area (Å²) in [5, 5.41) is 2.63. The van der Waals surface area contributed by atoms with Gasteiger partial charge >= 0.3 is 5.97 Å². The number of carbonyl (C=O) groups is 2. The number of allylic oxidation sites excluding steroid dienone is 1. The van der Waals surface area contributed by atoms with Crippen LogP contribution in [0.2, 0.25) is 0 Å². The standard InChI is InChI=1S/C22H39NO3/c1-2-3-4-5-6-7-8-9-10-11-12-13-14-15-16-19-26-22(25)20-17-18-21(24)23-20/h14-15,20H,2-13,16-19H2,1H3,(H,23,24)/b15-14+/t20-/m0/s1. The molecule has 0 aromatic rings. The molecule has 1 heterocycles. The van der Waals surface area contributed by atoms with Gasteiger partial charge in [-0.1, -0.05) is 83.3 Å². The van der Waals surface area contributed by atoms with Gasteiger partial charge in [0.15, 0.2) is 0 Å². The minimum absolute atomic E-state index is 0.0566. The van der Waals surface area contributed by atoms with Gasteiger partial charge in [0, 0.05) is 6.42 Å². The highest BCUT2D eigenvalue weighted by atomic mass is 16.5. The van der Waals surface area contributed by atoms with Gasteiger partial charge in [0.1, 0.15) is 6.04 Å². The van der Waals surface area contributed by atoms with Crippen LogP contribution >= 0.6 is 0 Å². The van der Waals surface area contributed by atoms with Crippen molar-refractivity contribution in [3.05, 3.63) is 12.2 Å². The third-order valence-electron chi connectivity index (χ3n) is 4.95. The first-order valence-electron chi connectivity index (χ1n) is 10.8. The Labute approximate surface area is 160 Å². The highest BCUT2D eigenvalue weighted by Gasteiger charge is 2.28. The molecular formula is C22H39NO3. The van der Waals surface area contributed by atoms with Gasteiger partial charge in [-0.15, -0.1) is 0 Å². The summed E-state index contributed by atoms with van der Waals surface area (Å²) in [4.78, 5) is 22.7. The molecule has 0 spiro atoms. The first kappa shape index (κ1) is 22.7. The van der Waals surface area contributed by atoms with Crippen LogP contribution in [-0.4, -0.2) is 24.5 Å². The van der Waals surface area contributed by atoms with E-state index in [9.17, 15) is 9.59 Å². The van der Waals surface area contributed by atoms with Crippen molar-refractivity contribution in [3.63, 3.8) is 0 Å². The molecule has 0 aromatic carbocycles. The van der Waals surface area contributed by atoms with Crippen LogP contribution in [-0.2, 0) is 14.3 Å². The van der Waals surface area contributed by atoms with Crippen LogP contribution < -0.4 is 5.32 Å². The average Bonchev–Trinajstić information content (AvgIpc) is 3.07. The van der Waals surface area contributed by atoms with E-state index >= 15 is 0 Å². The number of carbonyl (C=O) groups excluding carboxylic acids is 2. The quantitative estimate of drug-likeness (QED) is 0.225. The van der Waals surface area contributed by atoms with Crippen LogP contribution in [0.15, 0.2) is 12.2 Å². The van der Waals surface area contributed by atoms with Crippen LogP contribution in [0.25, 0.3) is 0 Å². The molecule has 150 valence electrons. The summed E-state index contributed by atoms with van der Waals surface area (Å²) in [7, 11) is 0. The van der Waals surface area contributed by atoms with Crippen molar-refractivity contribution in [2.45, 2.75) is 109 Å². The van der Waals surface area contributed by atoms with Crippen molar-refractivity contribution < 1.29 is 14.3 Å². The lowest BCUT2D eigenvalue weighted by atomic mass is 10.1. The summed E-state index contributed by atoms with van der Waals surface area (Å²) in [6.07, 6.45) is 22.2. The van der Waals surface area contributed by atoms with Crippen LogP contribution in [0.5, 0.6) is 0 Å². The molecule has 1 amide bonds. The molecule has 1 atom stereocenters. The van der Waals surface area contributed by atoms with Gasteiger partial charge in [-0.2, -0.15) is 0 Å². The van der Waals surface area contributed by atoms with Crippen molar-refractivity contribution in [2.24, 2.45) is 0 Å². The molecule has 1 saturated heterocycles. The van der Waals surface area contributed by atoms with Crippen molar-refractivity contribution in [1.29, 1.82) is 0 Å². The highest BCUT2D eigenvalue weighted by Crippen LogP contribution is 2.12. The number of esters is 1. The fraction of sp³-hybridized carbons (Fsp3) is 0.818. The predicted molar refractivity (Wildman–Crippen MR) is 107 cm³/mol. The smallest absolute Gasteiger partial charge is 0.328 e. The molecule has 0 aromatic heterocycles. The second-order valence-corrected chi connectivity index (χ2v) is 7.41. The van der Waals surface area contributed by atoms with Crippen molar-refractivity contribution in [3.8, 4) is 0 Å². The van der Waals surface area contributed by atoms with Gasteiger partial charge in [0.25, 0.3) is 0 Å². The van der Waals surface area contributed by atoms with E-state index in [1.165, 1.54) is 70.6 Å². The maximum Gasteiger partial charge on any atom is 0.328 e. The lowest BCUT2D eigenvalue weighted by molar-refractivity contribution is -0.146. The maximum absolute atomic E-state index is 11.7. The number of hydrogen-bond acceptors (Lipinski definition) is 3. The highest BCUT2D eigenvalue weighted by molar-refractivity contribution is 5.87. The van der Waals surface area contributed by atoms with E-state index in [-0.39, 0.29) is 11.9 Å². The molecule has 4 heteroatoms. The molecule has 0 bridgehead atoms. The third kappa shape index (κ3) is 12.1. The number of ether oxygens (including phenoxy) is 1. The molecule has 0 unspecified atom stereocenters. The largest absolute Gasteiger partial charge is 0.464 e. The SMILES string of the molecule is CCCCCCCCCCCCC/C=C/CCOC(=O)[C@@H]1CCC(=O)N1. The van der Waals surface area contributed by atoms with E-state index in [0.29, 0.717) is 19.4 Å². The van der Waals surface area contributed by atoms with E-state index in [4.69, 9.17) is 4.74 Å². The van der Waals surface area contributed by atoms with Crippen LogP contribution in [0.1, 0.15) is 103 Å². The van der Waals surface area contributed by atoms with Gasteiger partial charge in [0.05, 0.1) is 6.61 Å². The van der Waals surface area contributed by atoms with Gasteiger partial charge in [-0.25, -0.2) is 4.79 Å². The number of hydrogen-bond donors (Lipinski definition) is 1. The Hall–Kier alpha value is -1.32. The zero-order chi connectivity index (χ0) is 18.9. The molecule has 4 nitrogen and oxygen atoms in total. The summed E-state index contributed by atoms with van der Waals surface area (Å²) < 4.78 is 5.18. The number of nitrogens with one attached hydrogen (secondary N) is 1. The topological polar surface area (TPSA) is 55.4 Å². The molecular weight excluding hydrogens is 326 g/mol. The maximum atomic E-state index is 11.7. The Balaban J connectivity index is 1.79. The first-order valence-corrected chi connectivity index (χ1v) is 10.8. The lowest BCUT2D eigenvalue weighted by Gasteiger charge is -2.08. The Morgan fingerprint density at radius 2 is 1.54 bits per heavy atom. The molecule has 1 rings (SSSR count). The third-order valence-corrected chi connectivity index (χ3v) is 4.95. The summed E-state index contributed by atoms with van der Waals surface area (Å²) in [6.45, 7) is 2.67.